The standard InChI is InChI=1S/C14H19NO/c1-14(7-8-14)13(15)10-3-2-4-12(9-10)16-11-5-6-11/h2-4,9,11,13H,5-8,15H2,1H3. The minimum absolute atomic E-state index is 0.162. The smallest absolute Gasteiger partial charge is 0.120 e. The maximum absolute atomic E-state index is 6.29. The zero-order valence-electron chi connectivity index (χ0n) is 9.78. The van der Waals surface area contributed by atoms with Gasteiger partial charge in [-0.05, 0) is 48.8 Å². The summed E-state index contributed by atoms with van der Waals surface area (Å²) in [5.74, 6) is 0.986. The molecule has 0 spiro atoms. The lowest BCUT2D eigenvalue weighted by molar-refractivity contribution is 0.302. The molecule has 3 rings (SSSR count). The van der Waals surface area contributed by atoms with Gasteiger partial charge in [0.05, 0.1) is 6.10 Å². The Hall–Kier alpha value is -1.02. The van der Waals surface area contributed by atoms with Gasteiger partial charge >= 0.3 is 0 Å². The van der Waals surface area contributed by atoms with E-state index in [1.807, 2.05) is 6.07 Å². The lowest BCUT2D eigenvalue weighted by Gasteiger charge is -2.19. The molecule has 0 radical (unpaired) electrons. The van der Waals surface area contributed by atoms with Crippen molar-refractivity contribution in [2.45, 2.75) is 44.8 Å². The first-order valence-corrected chi connectivity index (χ1v) is 6.20. The summed E-state index contributed by atoms with van der Waals surface area (Å²) < 4.78 is 5.79. The van der Waals surface area contributed by atoms with Crippen LogP contribution < -0.4 is 10.5 Å². The molecule has 0 heterocycles. The summed E-state index contributed by atoms with van der Waals surface area (Å²) in [7, 11) is 0. The number of benzene rings is 1. The lowest BCUT2D eigenvalue weighted by atomic mass is 9.93. The Bertz CT molecular complexity index is 393. The van der Waals surface area contributed by atoms with E-state index in [0.29, 0.717) is 11.5 Å². The van der Waals surface area contributed by atoms with Gasteiger partial charge in [-0.2, -0.15) is 0 Å². The molecule has 16 heavy (non-hydrogen) atoms. The summed E-state index contributed by atoms with van der Waals surface area (Å²) >= 11 is 0. The fraction of sp³-hybridized carbons (Fsp3) is 0.571. The topological polar surface area (TPSA) is 35.2 Å². The molecule has 0 bridgehead atoms. The molecule has 0 aliphatic heterocycles. The van der Waals surface area contributed by atoms with Gasteiger partial charge in [0.25, 0.3) is 0 Å². The Balaban J connectivity index is 1.78. The van der Waals surface area contributed by atoms with Gasteiger partial charge in [-0.15, -0.1) is 0 Å². The molecule has 1 unspecified atom stereocenters. The number of ether oxygens (including phenoxy) is 1. The van der Waals surface area contributed by atoms with Crippen LogP contribution in [0.25, 0.3) is 0 Å². The molecule has 1 atom stereocenters. The molecular formula is C14H19NO. The van der Waals surface area contributed by atoms with E-state index in [1.54, 1.807) is 0 Å². The first kappa shape index (κ1) is 10.2. The van der Waals surface area contributed by atoms with Crippen molar-refractivity contribution >= 4 is 0 Å². The quantitative estimate of drug-likeness (QED) is 0.841. The van der Waals surface area contributed by atoms with E-state index >= 15 is 0 Å². The number of rotatable bonds is 4. The van der Waals surface area contributed by atoms with Crippen LogP contribution in [0.3, 0.4) is 0 Å². The highest BCUT2D eigenvalue weighted by molar-refractivity contribution is 5.32. The monoisotopic (exact) mass is 217 g/mol. The Kier molecular flexibility index (Phi) is 2.21. The molecule has 1 aromatic carbocycles. The van der Waals surface area contributed by atoms with E-state index in [4.69, 9.17) is 10.5 Å². The van der Waals surface area contributed by atoms with E-state index in [9.17, 15) is 0 Å². The Labute approximate surface area is 96.8 Å². The molecule has 0 aromatic heterocycles. The highest BCUT2D eigenvalue weighted by atomic mass is 16.5. The van der Waals surface area contributed by atoms with Gasteiger partial charge < -0.3 is 10.5 Å². The van der Waals surface area contributed by atoms with Crippen molar-refractivity contribution < 1.29 is 4.74 Å². The van der Waals surface area contributed by atoms with Crippen molar-refractivity contribution in [3.05, 3.63) is 29.8 Å². The third kappa shape index (κ3) is 1.94. The molecule has 2 aliphatic carbocycles. The summed E-state index contributed by atoms with van der Waals surface area (Å²) in [4.78, 5) is 0. The van der Waals surface area contributed by atoms with Crippen molar-refractivity contribution in [1.29, 1.82) is 0 Å². The number of nitrogens with two attached hydrogens (primary N) is 1. The van der Waals surface area contributed by atoms with E-state index in [2.05, 4.69) is 25.1 Å². The second-order valence-corrected chi connectivity index (χ2v) is 5.52. The average molecular weight is 217 g/mol. The third-order valence-electron chi connectivity index (χ3n) is 3.83. The molecule has 1 aromatic rings. The molecule has 86 valence electrons. The zero-order chi connectivity index (χ0) is 11.2. The van der Waals surface area contributed by atoms with Gasteiger partial charge in [0, 0.05) is 6.04 Å². The summed E-state index contributed by atoms with van der Waals surface area (Å²) in [5.41, 5.74) is 7.85. The van der Waals surface area contributed by atoms with Crippen LogP contribution in [-0.4, -0.2) is 6.10 Å². The maximum atomic E-state index is 6.29. The van der Waals surface area contributed by atoms with E-state index in [-0.39, 0.29) is 6.04 Å². The highest BCUT2D eigenvalue weighted by Crippen LogP contribution is 2.53. The first-order valence-electron chi connectivity index (χ1n) is 6.20. The molecule has 2 nitrogen and oxygen atoms in total. The number of hydrogen-bond acceptors (Lipinski definition) is 2. The lowest BCUT2D eigenvalue weighted by Crippen LogP contribution is -2.20. The minimum Gasteiger partial charge on any atom is -0.490 e. The van der Waals surface area contributed by atoms with Gasteiger partial charge in [0.1, 0.15) is 5.75 Å². The molecule has 0 amide bonds. The summed E-state index contributed by atoms with van der Waals surface area (Å²) in [6, 6.07) is 8.48. The summed E-state index contributed by atoms with van der Waals surface area (Å²) in [5, 5.41) is 0. The largest absolute Gasteiger partial charge is 0.490 e. The predicted molar refractivity (Wildman–Crippen MR) is 64.4 cm³/mol. The molecule has 2 aliphatic rings. The van der Waals surface area contributed by atoms with Crippen LogP contribution in [0.2, 0.25) is 0 Å². The van der Waals surface area contributed by atoms with Crippen molar-refractivity contribution in [2.24, 2.45) is 11.1 Å². The minimum atomic E-state index is 0.162. The van der Waals surface area contributed by atoms with Crippen LogP contribution in [-0.2, 0) is 0 Å². The molecular weight excluding hydrogens is 198 g/mol. The van der Waals surface area contributed by atoms with Crippen LogP contribution in [0.5, 0.6) is 5.75 Å². The molecule has 2 N–H and O–H groups in total. The van der Waals surface area contributed by atoms with Crippen molar-refractivity contribution in [3.8, 4) is 5.75 Å². The van der Waals surface area contributed by atoms with E-state index < -0.39 is 0 Å². The van der Waals surface area contributed by atoms with E-state index in [1.165, 1.54) is 31.2 Å². The summed E-state index contributed by atoms with van der Waals surface area (Å²) in [6.07, 6.45) is 5.37. The van der Waals surface area contributed by atoms with Crippen LogP contribution in [0.1, 0.15) is 44.2 Å². The zero-order valence-corrected chi connectivity index (χ0v) is 9.78. The van der Waals surface area contributed by atoms with Gasteiger partial charge in [0.15, 0.2) is 0 Å². The average Bonchev–Trinajstić information content (AvgIpc) is 3.17. The SMILES string of the molecule is CC1(C(N)c2cccc(OC3CC3)c2)CC1. The molecule has 2 heteroatoms. The van der Waals surface area contributed by atoms with Crippen LogP contribution in [0.15, 0.2) is 24.3 Å². The maximum Gasteiger partial charge on any atom is 0.120 e. The van der Waals surface area contributed by atoms with Crippen molar-refractivity contribution in [1.82, 2.24) is 0 Å². The second kappa shape index (κ2) is 3.49. The first-order chi connectivity index (χ1) is 7.67. The van der Waals surface area contributed by atoms with Gasteiger partial charge in [-0.25, -0.2) is 0 Å². The third-order valence-corrected chi connectivity index (χ3v) is 3.83. The highest BCUT2D eigenvalue weighted by Gasteiger charge is 2.43. The molecule has 2 saturated carbocycles. The van der Waals surface area contributed by atoms with Gasteiger partial charge in [-0.3, -0.25) is 0 Å². The molecule has 2 fully saturated rings. The van der Waals surface area contributed by atoms with Crippen LogP contribution in [0, 0.1) is 5.41 Å². The Morgan fingerprint density at radius 2 is 2.12 bits per heavy atom. The van der Waals surface area contributed by atoms with Gasteiger partial charge in [0.2, 0.25) is 0 Å². The summed E-state index contributed by atoms with van der Waals surface area (Å²) in [6.45, 7) is 2.27. The fourth-order valence-corrected chi connectivity index (χ4v) is 2.07. The predicted octanol–water partition coefficient (Wildman–Crippen LogP) is 3.03. The fourth-order valence-electron chi connectivity index (χ4n) is 2.07. The molecule has 0 saturated heterocycles. The Morgan fingerprint density at radius 1 is 1.38 bits per heavy atom. The second-order valence-electron chi connectivity index (χ2n) is 5.52. The normalized spacial score (nSPS) is 23.9. The van der Waals surface area contributed by atoms with E-state index in [0.717, 1.165) is 5.75 Å². The van der Waals surface area contributed by atoms with Crippen LogP contribution >= 0.6 is 0 Å². The van der Waals surface area contributed by atoms with Crippen molar-refractivity contribution in [3.63, 3.8) is 0 Å². The van der Waals surface area contributed by atoms with Crippen LogP contribution in [0.4, 0.5) is 0 Å². The van der Waals surface area contributed by atoms with Gasteiger partial charge in [-0.1, -0.05) is 19.1 Å². The Morgan fingerprint density at radius 3 is 2.75 bits per heavy atom. The van der Waals surface area contributed by atoms with Crippen molar-refractivity contribution in [2.75, 3.05) is 0 Å². The number of hydrogen-bond donors (Lipinski definition) is 1.